The van der Waals surface area contributed by atoms with E-state index in [1.807, 2.05) is 19.9 Å². The van der Waals surface area contributed by atoms with Gasteiger partial charge in [-0.1, -0.05) is 37.6 Å². The average Bonchev–Trinajstić information content (AvgIpc) is 3.11. The molecule has 1 aliphatic heterocycles. The summed E-state index contributed by atoms with van der Waals surface area (Å²) in [7, 11) is 0. The minimum atomic E-state index is -1.08. The molecule has 1 heterocycles. The molecule has 1 aliphatic rings. The number of hydrogen-bond donors (Lipinski definition) is 5. The highest BCUT2D eigenvalue weighted by Crippen LogP contribution is 2.31. The third-order valence-corrected chi connectivity index (χ3v) is 6.42. The molecule has 0 atom stereocenters. The molecule has 2 aromatic carbocycles. The van der Waals surface area contributed by atoms with Crippen molar-refractivity contribution in [3.63, 3.8) is 0 Å². The third-order valence-electron chi connectivity index (χ3n) is 6.10. The molecule has 1 amide bonds. The number of amides is 1. The van der Waals surface area contributed by atoms with Crippen molar-refractivity contribution >= 4 is 35.1 Å². The molecule has 8 nitrogen and oxygen atoms in total. The molecule has 0 spiro atoms. The zero-order valence-electron chi connectivity index (χ0n) is 21.2. The number of anilines is 1. The van der Waals surface area contributed by atoms with Gasteiger partial charge >= 0.3 is 11.9 Å². The van der Waals surface area contributed by atoms with Crippen LogP contribution in [0.15, 0.2) is 30.3 Å². The van der Waals surface area contributed by atoms with Gasteiger partial charge in [-0.25, -0.2) is 4.39 Å². The van der Waals surface area contributed by atoms with Crippen molar-refractivity contribution in [3.8, 4) is 0 Å². The van der Waals surface area contributed by atoms with Crippen LogP contribution in [0.1, 0.15) is 66.6 Å². The number of carbonyl (C=O) groups excluding carboxylic acids is 1. The van der Waals surface area contributed by atoms with Gasteiger partial charge in [-0.15, -0.1) is 0 Å². The van der Waals surface area contributed by atoms with Crippen molar-refractivity contribution in [1.29, 1.82) is 0 Å². The van der Waals surface area contributed by atoms with Crippen LogP contribution in [-0.2, 0) is 29.0 Å². The van der Waals surface area contributed by atoms with Crippen LogP contribution in [0.2, 0.25) is 5.02 Å². The van der Waals surface area contributed by atoms with Crippen LogP contribution in [0.25, 0.3) is 0 Å². The van der Waals surface area contributed by atoms with E-state index in [4.69, 9.17) is 21.8 Å². The zero-order chi connectivity index (χ0) is 27.4. The lowest BCUT2D eigenvalue weighted by molar-refractivity contribution is -0.143. The normalized spacial score (nSPS) is 12.6. The molecule has 2 aromatic rings. The van der Waals surface area contributed by atoms with Gasteiger partial charge in [0.05, 0.1) is 29.1 Å². The second kappa shape index (κ2) is 15.2. The van der Waals surface area contributed by atoms with E-state index in [0.29, 0.717) is 11.6 Å². The summed E-state index contributed by atoms with van der Waals surface area (Å²) in [6.07, 6.45) is 2.93. The third kappa shape index (κ3) is 9.66. The summed E-state index contributed by atoms with van der Waals surface area (Å²) in [6.45, 7) is 6.32. The Morgan fingerprint density at radius 2 is 1.68 bits per heavy atom. The summed E-state index contributed by atoms with van der Waals surface area (Å²) in [6, 6.07) is 8.83. The van der Waals surface area contributed by atoms with Gasteiger partial charge in [-0.3, -0.25) is 14.4 Å². The Balaban J connectivity index is 0.000000521. The lowest BCUT2D eigenvalue weighted by atomic mass is 10.0. The second-order valence-electron chi connectivity index (χ2n) is 8.75. The van der Waals surface area contributed by atoms with Crippen LogP contribution in [0.3, 0.4) is 0 Å². The quantitative estimate of drug-likeness (QED) is 0.300. The van der Waals surface area contributed by atoms with E-state index in [-0.39, 0.29) is 30.4 Å². The predicted molar refractivity (Wildman–Crippen MR) is 142 cm³/mol. The summed E-state index contributed by atoms with van der Waals surface area (Å²) in [5.41, 5.74) is 4.29. The number of halogens is 2. The van der Waals surface area contributed by atoms with E-state index in [1.165, 1.54) is 17.2 Å². The molecule has 0 saturated carbocycles. The highest BCUT2D eigenvalue weighted by Gasteiger charge is 2.17. The van der Waals surface area contributed by atoms with Crippen molar-refractivity contribution in [2.24, 2.45) is 0 Å². The molecule has 0 bridgehead atoms. The highest BCUT2D eigenvalue weighted by molar-refractivity contribution is 6.33. The van der Waals surface area contributed by atoms with Crippen molar-refractivity contribution < 1.29 is 29.0 Å². The summed E-state index contributed by atoms with van der Waals surface area (Å²) < 4.78 is 14.6. The second-order valence-corrected chi connectivity index (χ2v) is 9.16. The number of carboxylic acids is 2. The van der Waals surface area contributed by atoms with Crippen LogP contribution in [0.4, 0.5) is 10.1 Å². The number of fused-ring (bicyclic) bond motifs is 1. The topological polar surface area (TPSA) is 128 Å². The molecule has 202 valence electrons. The smallest absolute Gasteiger partial charge is 0.303 e. The standard InChI is InChI=1S/C23H29ClFN3O.C4H6O4/c1-3-17(4-2)28-23(29)19-7-5-15(13-21(19)25)14-27-22-18-10-12-26-11-9-16(18)6-8-20(22)24;5-3(6)1-2-4(7)8/h5-8,13,17,26-27H,3-4,9-12,14H2,1-2H3,(H,28,29);1-2H2,(H,5,6)(H,7,8). The van der Waals surface area contributed by atoms with Crippen LogP contribution >= 0.6 is 11.6 Å². The number of rotatable bonds is 10. The maximum atomic E-state index is 14.6. The number of carboxylic acid groups (broad SMARTS) is 2. The fraction of sp³-hybridized carbons (Fsp3) is 0.444. The van der Waals surface area contributed by atoms with E-state index in [0.717, 1.165) is 50.0 Å². The van der Waals surface area contributed by atoms with E-state index in [2.05, 4.69) is 22.0 Å². The van der Waals surface area contributed by atoms with E-state index >= 15 is 0 Å². The fourth-order valence-electron chi connectivity index (χ4n) is 3.95. The van der Waals surface area contributed by atoms with Gasteiger partial charge in [0, 0.05) is 12.6 Å². The number of aliphatic carboxylic acids is 2. The number of nitrogens with one attached hydrogen (secondary N) is 3. The monoisotopic (exact) mass is 535 g/mol. The zero-order valence-corrected chi connectivity index (χ0v) is 22.0. The minimum absolute atomic E-state index is 0.0632. The van der Waals surface area contributed by atoms with Gasteiger partial charge in [0.1, 0.15) is 5.82 Å². The Kier molecular flexibility index (Phi) is 12.3. The molecule has 0 saturated heterocycles. The Hall–Kier alpha value is -3.17. The van der Waals surface area contributed by atoms with Gasteiger partial charge < -0.3 is 26.2 Å². The lowest BCUT2D eigenvalue weighted by Crippen LogP contribution is -2.34. The SMILES string of the molecule is CCC(CC)NC(=O)c1ccc(CNc2c(Cl)ccc3c2CCNCC3)cc1F.O=C(O)CCC(=O)O. The largest absolute Gasteiger partial charge is 0.481 e. The molecular formula is C27H35ClFN3O5. The molecular weight excluding hydrogens is 501 g/mol. The fourth-order valence-corrected chi connectivity index (χ4v) is 4.19. The number of carbonyl (C=O) groups is 3. The molecule has 0 unspecified atom stereocenters. The molecule has 5 N–H and O–H groups in total. The Morgan fingerprint density at radius 3 is 2.27 bits per heavy atom. The maximum absolute atomic E-state index is 14.6. The average molecular weight is 536 g/mol. The van der Waals surface area contributed by atoms with Crippen LogP contribution in [0.5, 0.6) is 0 Å². The molecule has 37 heavy (non-hydrogen) atoms. The van der Waals surface area contributed by atoms with Gasteiger partial charge in [0.2, 0.25) is 0 Å². The van der Waals surface area contributed by atoms with Crippen molar-refractivity contribution in [2.75, 3.05) is 18.4 Å². The summed E-state index contributed by atoms with van der Waals surface area (Å²) >= 11 is 6.44. The van der Waals surface area contributed by atoms with Crippen molar-refractivity contribution in [3.05, 3.63) is 63.4 Å². The first-order valence-electron chi connectivity index (χ1n) is 12.4. The first-order chi connectivity index (χ1) is 17.7. The Morgan fingerprint density at radius 1 is 1.03 bits per heavy atom. The first-order valence-corrected chi connectivity index (χ1v) is 12.8. The Labute approximate surface area is 221 Å². The summed E-state index contributed by atoms with van der Waals surface area (Å²) in [4.78, 5) is 31.6. The molecule has 3 rings (SSSR count). The van der Waals surface area contributed by atoms with Crippen LogP contribution < -0.4 is 16.0 Å². The van der Waals surface area contributed by atoms with Gasteiger partial charge in [-0.05, 0) is 73.7 Å². The molecule has 0 aliphatic carbocycles. The van der Waals surface area contributed by atoms with Crippen molar-refractivity contribution in [2.45, 2.75) is 65.0 Å². The van der Waals surface area contributed by atoms with Gasteiger partial charge in [-0.2, -0.15) is 0 Å². The van der Waals surface area contributed by atoms with Gasteiger partial charge in [0.25, 0.3) is 5.91 Å². The predicted octanol–water partition coefficient (Wildman–Crippen LogP) is 4.63. The molecule has 0 fully saturated rings. The summed E-state index contributed by atoms with van der Waals surface area (Å²) in [5.74, 6) is -3.02. The minimum Gasteiger partial charge on any atom is -0.481 e. The number of benzene rings is 2. The molecule has 0 aromatic heterocycles. The number of hydrogen-bond acceptors (Lipinski definition) is 5. The molecule has 0 radical (unpaired) electrons. The lowest BCUT2D eigenvalue weighted by Gasteiger charge is -2.17. The first kappa shape index (κ1) is 30.1. The summed E-state index contributed by atoms with van der Waals surface area (Å²) in [5, 5.41) is 26.1. The molecule has 10 heteroatoms. The van der Waals surface area contributed by atoms with E-state index in [9.17, 15) is 18.8 Å². The van der Waals surface area contributed by atoms with Crippen LogP contribution in [-0.4, -0.2) is 47.2 Å². The van der Waals surface area contributed by atoms with E-state index < -0.39 is 17.8 Å². The van der Waals surface area contributed by atoms with E-state index in [1.54, 1.807) is 12.1 Å². The van der Waals surface area contributed by atoms with Crippen molar-refractivity contribution in [1.82, 2.24) is 10.6 Å². The van der Waals surface area contributed by atoms with Crippen LogP contribution in [0, 0.1) is 5.82 Å². The maximum Gasteiger partial charge on any atom is 0.303 e. The highest BCUT2D eigenvalue weighted by atomic mass is 35.5. The van der Waals surface area contributed by atoms with Gasteiger partial charge in [0.15, 0.2) is 0 Å². The Bertz CT molecular complexity index is 1080.